The minimum absolute atomic E-state index is 0.00866. The molecule has 7 rings (SSSR count). The van der Waals surface area contributed by atoms with Crippen molar-refractivity contribution in [3.8, 4) is 0 Å². The van der Waals surface area contributed by atoms with Gasteiger partial charge in [0.15, 0.2) is 34.8 Å². The van der Waals surface area contributed by atoms with Gasteiger partial charge in [-0.25, -0.2) is 9.97 Å². The smallest absolute Gasteiger partial charge is 0.328 e. The topological polar surface area (TPSA) is 309 Å². The van der Waals surface area contributed by atoms with E-state index in [9.17, 15) is 28.9 Å². The van der Waals surface area contributed by atoms with Crippen LogP contribution in [0.4, 0.5) is 11.9 Å². The Kier molecular flexibility index (Phi) is 7.44. The number of fused-ring (bicyclic) bond motifs is 4. The summed E-state index contributed by atoms with van der Waals surface area (Å²) < 4.78 is 64.4. The van der Waals surface area contributed by atoms with Crippen molar-refractivity contribution in [2.24, 2.45) is 0 Å². The first-order valence-corrected chi connectivity index (χ1v) is 17.6. The number of nitrogens with two attached hydrogens (primary N) is 2. The zero-order valence-electron chi connectivity index (χ0n) is 23.9. The summed E-state index contributed by atoms with van der Waals surface area (Å²) in [6.07, 6.45) is -8.43. The summed E-state index contributed by atoms with van der Waals surface area (Å²) in [6, 6.07) is 0. The maximum atomic E-state index is 13.6. The SMILES string of the molecule is CP1(=O)OC[C@H]2O[C@@H](n3cnc4c(=O)[nH]c(N)nc43)[C@@H](O)C2OP(C)(=O)OC[C@H]2O[C@@H](n3cnc4c(=O)[nH]c(N)nc43)[C@@H](O)C2O1. The molecule has 3 aliphatic rings. The summed E-state index contributed by atoms with van der Waals surface area (Å²) in [5.41, 5.74) is 9.95. The van der Waals surface area contributed by atoms with Gasteiger partial charge in [-0.3, -0.25) is 46.9 Å². The number of imidazole rings is 2. The molecule has 0 spiro atoms. The molecule has 24 heteroatoms. The molecule has 0 radical (unpaired) electrons. The number of aromatic nitrogens is 8. The summed E-state index contributed by atoms with van der Waals surface area (Å²) in [4.78, 5) is 45.3. The van der Waals surface area contributed by atoms with Crippen LogP contribution in [0.15, 0.2) is 22.2 Å². The second-order valence-electron chi connectivity index (χ2n) is 10.9. The summed E-state index contributed by atoms with van der Waals surface area (Å²) in [6.45, 7) is 1.28. The third-order valence-corrected chi connectivity index (χ3v) is 10.1. The van der Waals surface area contributed by atoms with E-state index in [-0.39, 0.29) is 34.2 Å². The molecule has 4 aromatic heterocycles. The lowest BCUT2D eigenvalue weighted by Gasteiger charge is -2.29. The molecule has 0 amide bonds. The van der Waals surface area contributed by atoms with E-state index in [1.54, 1.807) is 0 Å². The number of hydrogen-bond donors (Lipinski definition) is 6. The molecule has 10 atom stereocenters. The highest BCUT2D eigenvalue weighted by atomic mass is 31.2. The first-order valence-electron chi connectivity index (χ1n) is 13.6. The normalized spacial score (nSPS) is 37.1. The van der Waals surface area contributed by atoms with Gasteiger partial charge in [0.1, 0.15) is 36.6 Å². The monoisotopic (exact) mass is 686 g/mol. The van der Waals surface area contributed by atoms with Gasteiger partial charge in [-0.05, 0) is 0 Å². The lowest BCUT2D eigenvalue weighted by molar-refractivity contribution is -0.0578. The number of rotatable bonds is 2. The van der Waals surface area contributed by atoms with E-state index in [2.05, 4.69) is 29.9 Å². The lowest BCUT2D eigenvalue weighted by Crippen LogP contribution is -2.39. The first kappa shape index (κ1) is 31.1. The number of ether oxygens (including phenoxy) is 2. The van der Waals surface area contributed by atoms with Gasteiger partial charge in [0.05, 0.1) is 25.9 Å². The van der Waals surface area contributed by atoms with E-state index in [1.807, 2.05) is 0 Å². The van der Waals surface area contributed by atoms with E-state index in [4.69, 9.17) is 39.0 Å². The molecule has 4 unspecified atom stereocenters. The summed E-state index contributed by atoms with van der Waals surface area (Å²) >= 11 is 0. The van der Waals surface area contributed by atoms with Crippen LogP contribution in [0.3, 0.4) is 0 Å². The lowest BCUT2D eigenvalue weighted by atomic mass is 10.1. The third-order valence-electron chi connectivity index (χ3n) is 7.64. The van der Waals surface area contributed by atoms with Gasteiger partial charge in [0.2, 0.25) is 11.9 Å². The average Bonchev–Trinajstić information content (AvgIpc) is 3.72. The van der Waals surface area contributed by atoms with Crippen molar-refractivity contribution in [3.63, 3.8) is 0 Å². The summed E-state index contributed by atoms with van der Waals surface area (Å²) in [5, 5.41) is 22.6. The van der Waals surface area contributed by atoms with Crippen molar-refractivity contribution in [1.82, 2.24) is 39.0 Å². The molecule has 3 fully saturated rings. The Bertz CT molecular complexity index is 1900. The van der Waals surface area contributed by atoms with Gasteiger partial charge in [-0.15, -0.1) is 0 Å². The number of nitrogens with zero attached hydrogens (tertiary/aromatic N) is 6. The molecule has 4 aromatic rings. The minimum atomic E-state index is -4.04. The van der Waals surface area contributed by atoms with Crippen molar-refractivity contribution in [2.45, 2.75) is 49.1 Å². The zero-order valence-corrected chi connectivity index (χ0v) is 25.7. The molecule has 3 aliphatic heterocycles. The van der Waals surface area contributed by atoms with Crippen molar-refractivity contribution >= 4 is 49.4 Å². The number of aromatic amines is 2. The van der Waals surface area contributed by atoms with E-state index in [0.29, 0.717) is 0 Å². The predicted molar refractivity (Wildman–Crippen MR) is 154 cm³/mol. The van der Waals surface area contributed by atoms with Crippen molar-refractivity contribution in [1.29, 1.82) is 0 Å². The van der Waals surface area contributed by atoms with E-state index in [0.717, 1.165) is 13.3 Å². The Labute approximate surface area is 256 Å². The van der Waals surface area contributed by atoms with Crippen LogP contribution in [0.1, 0.15) is 12.5 Å². The van der Waals surface area contributed by atoms with E-state index >= 15 is 0 Å². The molecule has 22 nitrogen and oxygen atoms in total. The van der Waals surface area contributed by atoms with Crippen LogP contribution < -0.4 is 22.6 Å². The van der Waals surface area contributed by atoms with Gasteiger partial charge >= 0.3 is 15.2 Å². The third kappa shape index (κ3) is 5.35. The highest BCUT2D eigenvalue weighted by Gasteiger charge is 2.53. The van der Waals surface area contributed by atoms with Gasteiger partial charge in [0, 0.05) is 13.3 Å². The highest BCUT2D eigenvalue weighted by molar-refractivity contribution is 7.53. The fourth-order valence-electron chi connectivity index (χ4n) is 5.61. The quantitative estimate of drug-likeness (QED) is 0.129. The van der Waals surface area contributed by atoms with E-state index < -0.39 is 88.6 Å². The van der Waals surface area contributed by atoms with Crippen LogP contribution in [0, 0.1) is 0 Å². The molecule has 0 aromatic carbocycles. The first-order chi connectivity index (χ1) is 21.7. The van der Waals surface area contributed by atoms with Crippen LogP contribution in [-0.2, 0) is 36.7 Å². The van der Waals surface area contributed by atoms with Crippen LogP contribution in [-0.4, -0.2) is 112 Å². The number of nitrogen functional groups attached to an aromatic ring is 2. The Balaban J connectivity index is 1.18. The Morgan fingerprint density at radius 3 is 1.57 bits per heavy atom. The number of anilines is 2. The van der Waals surface area contributed by atoms with Gasteiger partial charge in [-0.2, -0.15) is 9.97 Å². The Morgan fingerprint density at radius 2 is 1.17 bits per heavy atom. The minimum Gasteiger partial charge on any atom is -0.386 e. The second-order valence-corrected chi connectivity index (χ2v) is 15.0. The van der Waals surface area contributed by atoms with Gasteiger partial charge in [0.25, 0.3) is 11.1 Å². The summed E-state index contributed by atoms with van der Waals surface area (Å²) in [7, 11) is -8.07. The molecular weight excluding hydrogens is 658 g/mol. The molecule has 8 N–H and O–H groups in total. The number of H-pyrrole nitrogens is 2. The van der Waals surface area contributed by atoms with Crippen LogP contribution in [0.5, 0.6) is 0 Å². The van der Waals surface area contributed by atoms with Crippen LogP contribution in [0.25, 0.3) is 22.3 Å². The molecule has 0 bridgehead atoms. The molecule has 46 heavy (non-hydrogen) atoms. The van der Waals surface area contributed by atoms with Crippen molar-refractivity contribution < 1.29 is 46.9 Å². The highest BCUT2D eigenvalue weighted by Crippen LogP contribution is 2.54. The van der Waals surface area contributed by atoms with Crippen molar-refractivity contribution in [3.05, 3.63) is 33.4 Å². The molecular formula is C22H28N10O12P2. The van der Waals surface area contributed by atoms with Crippen molar-refractivity contribution in [2.75, 3.05) is 38.0 Å². The molecule has 0 aliphatic carbocycles. The summed E-state index contributed by atoms with van der Waals surface area (Å²) in [5.74, 6) is -0.415. The van der Waals surface area contributed by atoms with Gasteiger partial charge in [-0.1, -0.05) is 0 Å². The zero-order chi connectivity index (χ0) is 32.7. The van der Waals surface area contributed by atoms with Crippen LogP contribution >= 0.6 is 15.2 Å². The maximum Gasteiger partial charge on any atom is 0.328 e. The molecule has 0 saturated carbocycles. The van der Waals surface area contributed by atoms with E-state index in [1.165, 1.54) is 21.8 Å². The fourth-order valence-corrected chi connectivity index (χ4v) is 7.97. The fraction of sp³-hybridized carbons (Fsp3) is 0.545. The molecule has 248 valence electrons. The largest absolute Gasteiger partial charge is 0.386 e. The molecule has 3 saturated heterocycles. The van der Waals surface area contributed by atoms with Gasteiger partial charge < -0.3 is 40.2 Å². The number of aliphatic hydroxyl groups excluding tert-OH is 2. The number of aliphatic hydroxyl groups is 2. The predicted octanol–water partition coefficient (Wildman–Crippen LogP) is -1.60. The Morgan fingerprint density at radius 1 is 0.783 bits per heavy atom. The average molecular weight is 686 g/mol. The van der Waals surface area contributed by atoms with Crippen LogP contribution in [0.2, 0.25) is 0 Å². The number of nitrogens with one attached hydrogen (secondary N) is 2. The standard InChI is InChI=1S/C22H28N10O12P2/c1-45(37)39-3-7-14(12(34)20(41-7)32-6-26-10-16(32)28-22(24)30-18(10)36)44-46(2,38)40-4-8-13(43-45)11(33)19(42-8)31-5-25-9-15(31)27-21(23)29-17(9)35/h5-8,11-14,19-20,33-34H,3-4H2,1-2H3,(H3,23,27,29,35)(H3,24,28,30,36)/t7-,8-,11+,12+,13?,14?,19-,20-,45?,46?/m1/s1. The number of hydrogen-bond acceptors (Lipinski definition) is 18. The maximum absolute atomic E-state index is 13.6. The second kappa shape index (κ2) is 11.0. The molecule has 7 heterocycles. The Hall–Kier alpha value is -3.56.